The second kappa shape index (κ2) is 8.68. The first-order valence-electron chi connectivity index (χ1n) is 10.4. The van der Waals surface area contributed by atoms with Gasteiger partial charge in [0, 0.05) is 56.9 Å². The summed E-state index contributed by atoms with van der Waals surface area (Å²) in [6.45, 7) is 2.41. The molecule has 0 aliphatic carbocycles. The second-order valence-corrected chi connectivity index (χ2v) is 8.27. The van der Waals surface area contributed by atoms with Gasteiger partial charge in [0.2, 0.25) is 0 Å². The van der Waals surface area contributed by atoms with Crippen LogP contribution in [0.5, 0.6) is 0 Å². The van der Waals surface area contributed by atoms with Crippen molar-refractivity contribution < 1.29 is 31.9 Å². The topological polar surface area (TPSA) is 61.6 Å². The van der Waals surface area contributed by atoms with Gasteiger partial charge in [0.1, 0.15) is 17.8 Å². The number of likely N-dealkylation sites (tertiary alicyclic amines) is 2. The van der Waals surface area contributed by atoms with Gasteiger partial charge >= 0.3 is 12.3 Å². The molecular weight excluding hydrogens is 435 g/mol. The summed E-state index contributed by atoms with van der Waals surface area (Å²) >= 11 is 0. The first-order chi connectivity index (χ1) is 15.1. The lowest BCUT2D eigenvalue weighted by Crippen LogP contribution is -2.49. The van der Waals surface area contributed by atoms with Crippen molar-refractivity contribution in [1.82, 2.24) is 19.4 Å². The van der Waals surface area contributed by atoms with Crippen LogP contribution < -0.4 is 0 Å². The first kappa shape index (κ1) is 22.5. The van der Waals surface area contributed by atoms with Gasteiger partial charge in [-0.3, -0.25) is 4.90 Å². The molecule has 2 fully saturated rings. The molecule has 174 valence electrons. The standard InChI is InChI=1S/C21H23F5N4O2/c22-15-10-28(11-15)7-8-30-12-18(14-1-2-17(23)16(9-14)21(24,25)26)27-19(30)13-3-5-29(6-4-13)20(31)32/h1-2,9,12-13,15H,3-8,10-11H2,(H,31,32). The maximum absolute atomic E-state index is 13.7. The SMILES string of the molecule is O=C(O)N1CCC(c2nc(-c3ccc(F)c(C(F)(F)F)c3)cn2CCN2CC(F)C2)CC1. The van der Waals surface area contributed by atoms with Gasteiger partial charge in [-0.05, 0) is 31.0 Å². The van der Waals surface area contributed by atoms with Crippen molar-refractivity contribution in [3.63, 3.8) is 0 Å². The lowest BCUT2D eigenvalue weighted by atomic mass is 9.96. The van der Waals surface area contributed by atoms with E-state index in [-0.39, 0.29) is 17.2 Å². The number of carbonyl (C=O) groups is 1. The Morgan fingerprint density at radius 2 is 1.84 bits per heavy atom. The summed E-state index contributed by atoms with van der Waals surface area (Å²) in [5.41, 5.74) is -0.914. The van der Waals surface area contributed by atoms with Crippen molar-refractivity contribution in [3.8, 4) is 11.3 Å². The van der Waals surface area contributed by atoms with E-state index in [9.17, 15) is 26.7 Å². The van der Waals surface area contributed by atoms with Gasteiger partial charge in [0.15, 0.2) is 0 Å². The number of benzene rings is 1. The van der Waals surface area contributed by atoms with Crippen LogP contribution in [0.3, 0.4) is 0 Å². The summed E-state index contributed by atoms with van der Waals surface area (Å²) in [7, 11) is 0. The Balaban J connectivity index is 1.61. The Morgan fingerprint density at radius 3 is 2.44 bits per heavy atom. The van der Waals surface area contributed by atoms with Crippen LogP contribution in [0.15, 0.2) is 24.4 Å². The Bertz CT molecular complexity index is 979. The molecule has 2 aliphatic heterocycles. The number of rotatable bonds is 5. The zero-order valence-electron chi connectivity index (χ0n) is 17.2. The maximum atomic E-state index is 13.7. The third-order valence-electron chi connectivity index (χ3n) is 6.08. The Morgan fingerprint density at radius 1 is 1.16 bits per heavy atom. The predicted octanol–water partition coefficient (Wildman–Crippen LogP) is 4.22. The van der Waals surface area contributed by atoms with Crippen LogP contribution in [0.25, 0.3) is 11.3 Å². The number of hydrogen-bond acceptors (Lipinski definition) is 3. The fourth-order valence-corrected chi connectivity index (χ4v) is 4.24. The van der Waals surface area contributed by atoms with Crippen LogP contribution in [-0.2, 0) is 12.7 Å². The van der Waals surface area contributed by atoms with Gasteiger partial charge in [-0.15, -0.1) is 0 Å². The lowest BCUT2D eigenvalue weighted by molar-refractivity contribution is -0.139. The maximum Gasteiger partial charge on any atom is 0.419 e. The van der Waals surface area contributed by atoms with Gasteiger partial charge in [0.05, 0.1) is 11.3 Å². The second-order valence-electron chi connectivity index (χ2n) is 8.27. The van der Waals surface area contributed by atoms with E-state index < -0.39 is 29.8 Å². The van der Waals surface area contributed by atoms with Crippen molar-refractivity contribution in [2.24, 2.45) is 0 Å². The average molecular weight is 458 g/mol. The van der Waals surface area contributed by atoms with E-state index >= 15 is 0 Å². The minimum atomic E-state index is -4.82. The average Bonchev–Trinajstić information content (AvgIpc) is 3.14. The molecule has 11 heteroatoms. The molecule has 2 aromatic rings. The Kier molecular flexibility index (Phi) is 6.11. The van der Waals surface area contributed by atoms with Crippen molar-refractivity contribution in [2.45, 2.75) is 37.7 Å². The molecule has 6 nitrogen and oxygen atoms in total. The van der Waals surface area contributed by atoms with Crippen molar-refractivity contribution in [1.29, 1.82) is 0 Å². The van der Waals surface area contributed by atoms with Gasteiger partial charge in [-0.2, -0.15) is 13.2 Å². The van der Waals surface area contributed by atoms with Crippen LogP contribution in [0.2, 0.25) is 0 Å². The first-order valence-corrected chi connectivity index (χ1v) is 10.4. The predicted molar refractivity (Wildman–Crippen MR) is 106 cm³/mol. The largest absolute Gasteiger partial charge is 0.465 e. The highest BCUT2D eigenvalue weighted by Crippen LogP contribution is 2.35. The minimum Gasteiger partial charge on any atom is -0.465 e. The minimum absolute atomic E-state index is 0.0628. The van der Waals surface area contributed by atoms with E-state index in [2.05, 4.69) is 4.98 Å². The molecule has 4 rings (SSSR count). The molecule has 0 spiro atoms. The summed E-state index contributed by atoms with van der Waals surface area (Å²) in [6.07, 6.45) is -3.94. The van der Waals surface area contributed by atoms with Crippen LogP contribution in [0.1, 0.15) is 30.1 Å². The summed E-state index contributed by atoms with van der Waals surface area (Å²) in [4.78, 5) is 19.0. The highest BCUT2D eigenvalue weighted by atomic mass is 19.4. The van der Waals surface area contributed by atoms with Crippen LogP contribution in [0.4, 0.5) is 26.7 Å². The molecule has 0 atom stereocenters. The normalized spacial score (nSPS) is 18.7. The van der Waals surface area contributed by atoms with Crippen LogP contribution in [-0.4, -0.2) is 69.4 Å². The molecule has 0 radical (unpaired) electrons. The summed E-state index contributed by atoms with van der Waals surface area (Å²) in [6, 6.07) is 2.79. The molecule has 0 bridgehead atoms. The van der Waals surface area contributed by atoms with Gasteiger partial charge in [-0.25, -0.2) is 18.6 Å². The third kappa shape index (κ3) is 4.72. The quantitative estimate of drug-likeness (QED) is 0.682. The van der Waals surface area contributed by atoms with E-state index in [0.717, 1.165) is 12.1 Å². The van der Waals surface area contributed by atoms with Crippen molar-refractivity contribution >= 4 is 6.09 Å². The molecule has 2 saturated heterocycles. The number of aromatic nitrogens is 2. The van der Waals surface area contributed by atoms with Crippen LogP contribution >= 0.6 is 0 Å². The van der Waals surface area contributed by atoms with Crippen molar-refractivity contribution in [2.75, 3.05) is 32.7 Å². The van der Waals surface area contributed by atoms with E-state index in [4.69, 9.17) is 5.11 Å². The Hall–Kier alpha value is -2.69. The van der Waals surface area contributed by atoms with E-state index in [1.807, 2.05) is 9.47 Å². The molecule has 0 saturated carbocycles. The number of piperidine rings is 1. The molecule has 32 heavy (non-hydrogen) atoms. The van der Waals surface area contributed by atoms with Gasteiger partial charge in [-0.1, -0.05) is 0 Å². The fourth-order valence-electron chi connectivity index (χ4n) is 4.24. The molecule has 2 aliphatic rings. The summed E-state index contributed by atoms with van der Waals surface area (Å²) < 4.78 is 68.1. The number of amides is 1. The number of imidazole rings is 1. The van der Waals surface area contributed by atoms with Gasteiger partial charge in [0.25, 0.3) is 0 Å². The van der Waals surface area contributed by atoms with E-state index in [1.165, 1.54) is 11.0 Å². The summed E-state index contributed by atoms with van der Waals surface area (Å²) in [5, 5.41) is 9.16. The number of hydrogen-bond donors (Lipinski definition) is 1. The Labute approximate surface area is 181 Å². The molecule has 1 N–H and O–H groups in total. The highest BCUT2D eigenvalue weighted by molar-refractivity contribution is 5.65. The molecule has 0 unspecified atom stereocenters. The fraction of sp³-hybridized carbons (Fsp3) is 0.524. The monoisotopic (exact) mass is 458 g/mol. The van der Waals surface area contributed by atoms with Crippen LogP contribution in [0, 0.1) is 5.82 Å². The number of carboxylic acid groups (broad SMARTS) is 1. The number of alkyl halides is 4. The zero-order chi connectivity index (χ0) is 23.0. The molecule has 1 aromatic carbocycles. The molecular formula is C21H23F5N4O2. The number of nitrogens with zero attached hydrogens (tertiary/aromatic N) is 4. The third-order valence-corrected chi connectivity index (χ3v) is 6.08. The lowest BCUT2D eigenvalue weighted by Gasteiger charge is -2.34. The van der Waals surface area contributed by atoms with E-state index in [1.54, 1.807) is 6.20 Å². The highest BCUT2D eigenvalue weighted by Gasteiger charge is 2.35. The van der Waals surface area contributed by atoms with Crippen molar-refractivity contribution in [3.05, 3.63) is 41.6 Å². The summed E-state index contributed by atoms with van der Waals surface area (Å²) in [5.74, 6) is -0.757. The van der Waals surface area contributed by atoms with Gasteiger partial charge < -0.3 is 14.6 Å². The molecule has 1 amide bonds. The molecule has 1 aromatic heterocycles. The molecule has 3 heterocycles. The zero-order valence-corrected chi connectivity index (χ0v) is 17.2. The number of halogens is 5. The smallest absolute Gasteiger partial charge is 0.419 e. The van der Waals surface area contributed by atoms with E-state index in [0.29, 0.717) is 57.9 Å².